The first-order chi connectivity index (χ1) is 18.9. The number of nitrogens with zero attached hydrogens (tertiary/aromatic N) is 1. The van der Waals surface area contributed by atoms with Gasteiger partial charge < -0.3 is 14.4 Å². The van der Waals surface area contributed by atoms with Crippen LogP contribution in [0, 0.1) is 16.6 Å². The molecule has 6 heteroatoms. The van der Waals surface area contributed by atoms with Gasteiger partial charge in [0.15, 0.2) is 23.1 Å². The third-order valence-electron chi connectivity index (χ3n) is 8.25. The Balaban J connectivity index is 1.61. The quantitative estimate of drug-likeness (QED) is 0.360. The molecule has 0 unspecified atom stereocenters. The summed E-state index contributed by atoms with van der Waals surface area (Å²) in [6.07, 6.45) is 2.50. The smallest absolute Gasteiger partial charge is 0.162 e. The molecule has 2 aromatic rings. The molecular weight excluding hydrogens is 505 g/mol. The van der Waals surface area contributed by atoms with Gasteiger partial charge in [0.05, 0.1) is 6.61 Å². The van der Waals surface area contributed by atoms with Gasteiger partial charge in [0.2, 0.25) is 0 Å². The normalized spacial score (nSPS) is 20.4. The van der Waals surface area contributed by atoms with Crippen LogP contribution in [0.25, 0.3) is 0 Å². The Morgan fingerprint density at radius 3 is 1.90 bits per heavy atom. The van der Waals surface area contributed by atoms with Crippen LogP contribution in [0.5, 0.6) is 11.5 Å². The first kappa shape index (κ1) is 28.1. The second-order valence-corrected chi connectivity index (χ2v) is 12.8. The molecule has 0 atom stereocenters. The van der Waals surface area contributed by atoms with Crippen molar-refractivity contribution in [2.75, 3.05) is 13.2 Å². The number of carbonyl (C=O) groups is 2. The average molecular weight is 546 g/mol. The van der Waals surface area contributed by atoms with E-state index in [1.807, 2.05) is 25.1 Å². The number of ether oxygens (including phenoxy) is 2. The second-order valence-electron chi connectivity index (χ2n) is 12.8. The molecule has 0 aromatic heterocycles. The highest BCUT2D eigenvalue weighted by molar-refractivity contribution is 6.06. The van der Waals surface area contributed by atoms with Gasteiger partial charge in [-0.25, -0.2) is 4.39 Å². The first-order valence-electron chi connectivity index (χ1n) is 14.4. The van der Waals surface area contributed by atoms with Crippen LogP contribution in [0.2, 0.25) is 0 Å². The molecule has 3 aliphatic rings. The van der Waals surface area contributed by atoms with Crippen molar-refractivity contribution in [2.24, 2.45) is 10.8 Å². The molecule has 0 amide bonds. The van der Waals surface area contributed by atoms with E-state index in [2.05, 4.69) is 39.5 Å². The predicted octanol–water partition coefficient (Wildman–Crippen LogP) is 7.51. The molecule has 0 fully saturated rings. The van der Waals surface area contributed by atoms with Crippen molar-refractivity contribution in [1.29, 1.82) is 0 Å². The van der Waals surface area contributed by atoms with Crippen LogP contribution in [-0.4, -0.2) is 29.6 Å². The lowest BCUT2D eigenvalue weighted by atomic mass is 9.63. The molecular formula is C34H40FNO4. The summed E-state index contributed by atoms with van der Waals surface area (Å²) in [5, 5.41) is 0. The van der Waals surface area contributed by atoms with E-state index in [-0.39, 0.29) is 34.8 Å². The molecule has 2 aromatic carbocycles. The lowest BCUT2D eigenvalue weighted by molar-refractivity contribution is -0.119. The number of hydrogen-bond acceptors (Lipinski definition) is 5. The highest BCUT2D eigenvalue weighted by Crippen LogP contribution is 2.54. The molecule has 0 bridgehead atoms. The van der Waals surface area contributed by atoms with Gasteiger partial charge in [-0.3, -0.25) is 9.59 Å². The zero-order chi connectivity index (χ0) is 28.8. The standard InChI is InChI=1S/C34H40FNO4/c1-7-36-24-16-33(3,4)18-26(37)31(24)30(32-25(36)17-34(5,6)19-27(32)38)22-11-14-28(29(15-22)39-8-2)40-20-21-9-12-23(35)13-10-21/h9-15,30H,7-8,16-20H2,1-6H3. The first-order valence-corrected chi connectivity index (χ1v) is 14.4. The minimum absolute atomic E-state index is 0.119. The van der Waals surface area contributed by atoms with Crippen LogP contribution in [-0.2, 0) is 16.2 Å². The van der Waals surface area contributed by atoms with Crippen molar-refractivity contribution in [3.05, 3.63) is 81.9 Å². The monoisotopic (exact) mass is 545 g/mol. The number of Topliss-reactive ketones (excluding diaryl/α,β-unsaturated/α-hetero) is 2. The third-order valence-corrected chi connectivity index (χ3v) is 8.25. The number of benzene rings is 2. The van der Waals surface area contributed by atoms with Crippen LogP contribution in [0.3, 0.4) is 0 Å². The predicted molar refractivity (Wildman–Crippen MR) is 154 cm³/mol. The zero-order valence-electron chi connectivity index (χ0n) is 24.5. The Bertz CT molecular complexity index is 1350. The van der Waals surface area contributed by atoms with Gasteiger partial charge in [-0.2, -0.15) is 0 Å². The number of rotatable bonds is 7. The Kier molecular flexibility index (Phi) is 7.41. The average Bonchev–Trinajstić information content (AvgIpc) is 2.86. The SMILES string of the molecule is CCOc1cc(C2C3=C(CC(C)(C)CC3=O)N(CC)C3=C2C(=O)CC(C)(C)C3)ccc1OCc1ccc(F)cc1. The highest BCUT2D eigenvalue weighted by Gasteiger charge is 2.48. The maximum absolute atomic E-state index is 13.9. The summed E-state index contributed by atoms with van der Waals surface area (Å²) in [5.74, 6) is 0.654. The van der Waals surface area contributed by atoms with Crippen molar-refractivity contribution in [2.45, 2.75) is 79.8 Å². The molecule has 40 heavy (non-hydrogen) atoms. The fourth-order valence-corrected chi connectivity index (χ4v) is 6.60. The van der Waals surface area contributed by atoms with Gasteiger partial charge in [-0.05, 0) is 72.9 Å². The molecule has 2 aliphatic carbocycles. The van der Waals surface area contributed by atoms with Crippen molar-refractivity contribution < 1.29 is 23.5 Å². The Morgan fingerprint density at radius 2 is 1.38 bits per heavy atom. The molecule has 0 saturated carbocycles. The summed E-state index contributed by atoms with van der Waals surface area (Å²) in [5.41, 5.74) is 5.07. The summed E-state index contributed by atoms with van der Waals surface area (Å²) in [7, 11) is 0. The zero-order valence-corrected chi connectivity index (χ0v) is 24.5. The van der Waals surface area contributed by atoms with Crippen LogP contribution >= 0.6 is 0 Å². The number of halogens is 1. The van der Waals surface area contributed by atoms with Crippen LogP contribution < -0.4 is 9.47 Å². The minimum atomic E-state index is -0.426. The van der Waals surface area contributed by atoms with Gasteiger partial charge in [0.1, 0.15) is 12.4 Å². The molecule has 1 aliphatic heterocycles. The summed E-state index contributed by atoms with van der Waals surface area (Å²) in [6, 6.07) is 12.0. The van der Waals surface area contributed by atoms with E-state index in [1.165, 1.54) is 12.1 Å². The summed E-state index contributed by atoms with van der Waals surface area (Å²) in [6.45, 7) is 14.0. The minimum Gasteiger partial charge on any atom is -0.490 e. The number of hydrogen-bond donors (Lipinski definition) is 0. The van der Waals surface area contributed by atoms with Gasteiger partial charge in [0, 0.05) is 47.8 Å². The molecule has 0 N–H and O–H groups in total. The number of ketones is 2. The van der Waals surface area contributed by atoms with Crippen LogP contribution in [0.4, 0.5) is 4.39 Å². The molecule has 212 valence electrons. The van der Waals surface area contributed by atoms with E-state index in [9.17, 15) is 14.0 Å². The lowest BCUT2D eigenvalue weighted by Gasteiger charge is -2.48. The topological polar surface area (TPSA) is 55.8 Å². The Labute approximate surface area is 237 Å². The van der Waals surface area contributed by atoms with E-state index < -0.39 is 5.92 Å². The third kappa shape index (κ3) is 5.33. The van der Waals surface area contributed by atoms with Gasteiger partial charge >= 0.3 is 0 Å². The molecule has 0 radical (unpaired) electrons. The maximum atomic E-state index is 13.9. The highest BCUT2D eigenvalue weighted by atomic mass is 19.1. The van der Waals surface area contributed by atoms with E-state index in [0.29, 0.717) is 30.9 Å². The summed E-state index contributed by atoms with van der Waals surface area (Å²) < 4.78 is 25.4. The summed E-state index contributed by atoms with van der Waals surface area (Å²) in [4.78, 5) is 30.0. The number of allylic oxidation sites excluding steroid dienone is 4. The van der Waals surface area contributed by atoms with Gasteiger partial charge in [-0.15, -0.1) is 0 Å². The molecule has 0 spiro atoms. The molecule has 0 saturated heterocycles. The maximum Gasteiger partial charge on any atom is 0.162 e. The fourth-order valence-electron chi connectivity index (χ4n) is 6.60. The van der Waals surface area contributed by atoms with E-state index in [0.717, 1.165) is 53.1 Å². The second kappa shape index (κ2) is 10.5. The van der Waals surface area contributed by atoms with Crippen LogP contribution in [0.1, 0.15) is 84.3 Å². The fraction of sp³-hybridized carbons (Fsp3) is 0.471. The van der Waals surface area contributed by atoms with Crippen molar-refractivity contribution in [3.8, 4) is 11.5 Å². The summed E-state index contributed by atoms with van der Waals surface area (Å²) >= 11 is 0. The van der Waals surface area contributed by atoms with Crippen molar-refractivity contribution in [1.82, 2.24) is 4.90 Å². The van der Waals surface area contributed by atoms with Crippen LogP contribution in [0.15, 0.2) is 65.0 Å². The van der Waals surface area contributed by atoms with E-state index in [4.69, 9.17) is 9.47 Å². The molecule has 5 nitrogen and oxygen atoms in total. The van der Waals surface area contributed by atoms with E-state index >= 15 is 0 Å². The van der Waals surface area contributed by atoms with E-state index in [1.54, 1.807) is 12.1 Å². The Hall–Kier alpha value is -3.41. The van der Waals surface area contributed by atoms with Gasteiger partial charge in [-0.1, -0.05) is 45.9 Å². The van der Waals surface area contributed by atoms with Gasteiger partial charge in [0.25, 0.3) is 0 Å². The Morgan fingerprint density at radius 1 is 0.800 bits per heavy atom. The molecule has 5 rings (SSSR count). The van der Waals surface area contributed by atoms with Crippen molar-refractivity contribution >= 4 is 11.6 Å². The van der Waals surface area contributed by atoms with Crippen molar-refractivity contribution in [3.63, 3.8) is 0 Å². The lowest BCUT2D eigenvalue weighted by Crippen LogP contribution is -2.44. The molecule has 1 heterocycles. The largest absolute Gasteiger partial charge is 0.490 e. The number of carbonyl (C=O) groups excluding carboxylic acids is 2.